The molecule has 1 fully saturated rings. The molecule has 0 radical (unpaired) electrons. The van der Waals surface area contributed by atoms with E-state index in [2.05, 4.69) is 21.2 Å². The molecule has 0 N–H and O–H groups in total. The van der Waals surface area contributed by atoms with Crippen LogP contribution in [0.15, 0.2) is 42.9 Å². The molecule has 7 nitrogen and oxygen atoms in total. The summed E-state index contributed by atoms with van der Waals surface area (Å²) in [5.41, 5.74) is 3.05. The van der Waals surface area contributed by atoms with E-state index in [1.165, 1.54) is 5.56 Å². The first-order valence-corrected chi connectivity index (χ1v) is 8.36. The molecule has 1 unspecified atom stereocenters. The highest BCUT2D eigenvalue weighted by Gasteiger charge is 2.26. The van der Waals surface area contributed by atoms with Gasteiger partial charge in [-0.1, -0.05) is 0 Å². The molecule has 1 aliphatic heterocycles. The lowest BCUT2D eigenvalue weighted by atomic mass is 10.0. The van der Waals surface area contributed by atoms with Gasteiger partial charge in [0.15, 0.2) is 0 Å². The van der Waals surface area contributed by atoms with Crippen LogP contribution in [-0.2, 0) is 13.5 Å². The normalized spacial score (nSPS) is 17.3. The lowest BCUT2D eigenvalue weighted by Gasteiger charge is -2.20. The van der Waals surface area contributed by atoms with Crippen molar-refractivity contribution in [3.05, 3.63) is 58.5 Å². The Kier molecular flexibility index (Phi) is 3.83. The summed E-state index contributed by atoms with van der Waals surface area (Å²) in [6.07, 6.45) is 7.78. The van der Waals surface area contributed by atoms with Crippen molar-refractivity contribution in [2.45, 2.75) is 12.8 Å². The fourth-order valence-corrected chi connectivity index (χ4v) is 3.69. The Morgan fingerprint density at radius 3 is 3.00 bits per heavy atom. The van der Waals surface area contributed by atoms with Crippen molar-refractivity contribution in [3.63, 3.8) is 0 Å². The van der Waals surface area contributed by atoms with Crippen LogP contribution >= 0.6 is 0 Å². The number of rotatable bonds is 4. The van der Waals surface area contributed by atoms with Crippen molar-refractivity contribution in [2.75, 3.05) is 18.0 Å². The topological polar surface area (TPSA) is 77.1 Å². The number of hydrogen-bond acceptors (Lipinski definition) is 5. The number of pyridine rings is 1. The van der Waals surface area contributed by atoms with Crippen LogP contribution in [0.25, 0.3) is 10.9 Å². The summed E-state index contributed by atoms with van der Waals surface area (Å²) in [6.45, 7) is 1.87. The number of nitrogens with zero attached hydrogens (tertiary/aromatic N) is 5. The molecule has 128 valence electrons. The molecule has 3 aromatic rings. The average Bonchev–Trinajstić information content (AvgIpc) is 3.23. The van der Waals surface area contributed by atoms with Crippen molar-refractivity contribution in [2.24, 2.45) is 13.0 Å². The number of anilines is 1. The number of hydrogen-bond donors (Lipinski definition) is 0. The van der Waals surface area contributed by atoms with Gasteiger partial charge in [-0.2, -0.15) is 5.10 Å². The summed E-state index contributed by atoms with van der Waals surface area (Å²) in [4.78, 5) is 17.6. The Labute approximate surface area is 145 Å². The maximum Gasteiger partial charge on any atom is 0.278 e. The molecular formula is C18H19N5O2. The standard InChI is InChI=1S/C18H19N5O2/c1-21-11-14(10-20-21)9-13-6-8-22(12-13)17-5-4-16(23(24)25)15-3-2-7-19-18(15)17/h2-5,7,10-11,13H,6,8-9,12H2,1H3. The third-order valence-corrected chi connectivity index (χ3v) is 4.83. The molecule has 0 amide bonds. The SMILES string of the molecule is Cn1cc(CC2CCN(c3ccc([N+](=O)[O-])c4cccnc34)C2)cn1. The van der Waals surface area contributed by atoms with E-state index in [9.17, 15) is 10.1 Å². The molecule has 0 aliphatic carbocycles. The monoisotopic (exact) mass is 337 g/mol. The quantitative estimate of drug-likeness (QED) is 0.540. The number of aromatic nitrogens is 3. The molecule has 1 atom stereocenters. The van der Waals surface area contributed by atoms with Gasteiger partial charge in [0.05, 0.1) is 22.2 Å². The Balaban J connectivity index is 1.60. The second-order valence-corrected chi connectivity index (χ2v) is 6.59. The van der Waals surface area contributed by atoms with Gasteiger partial charge >= 0.3 is 0 Å². The Morgan fingerprint density at radius 2 is 2.24 bits per heavy atom. The first-order chi connectivity index (χ1) is 12.1. The van der Waals surface area contributed by atoms with Crippen LogP contribution in [0.2, 0.25) is 0 Å². The van der Waals surface area contributed by atoms with Crippen molar-refractivity contribution < 1.29 is 4.92 Å². The molecule has 7 heteroatoms. The van der Waals surface area contributed by atoms with Crippen molar-refractivity contribution in [1.29, 1.82) is 0 Å². The largest absolute Gasteiger partial charge is 0.369 e. The first-order valence-electron chi connectivity index (χ1n) is 8.36. The lowest BCUT2D eigenvalue weighted by molar-refractivity contribution is -0.383. The van der Waals surface area contributed by atoms with Crippen LogP contribution in [0.5, 0.6) is 0 Å². The van der Waals surface area contributed by atoms with Gasteiger partial charge in [-0.3, -0.25) is 19.8 Å². The van der Waals surface area contributed by atoms with Gasteiger partial charge in [0.25, 0.3) is 5.69 Å². The van der Waals surface area contributed by atoms with Crippen LogP contribution in [0.4, 0.5) is 11.4 Å². The minimum Gasteiger partial charge on any atom is -0.369 e. The van der Waals surface area contributed by atoms with Crippen molar-refractivity contribution in [1.82, 2.24) is 14.8 Å². The first kappa shape index (κ1) is 15.6. The van der Waals surface area contributed by atoms with Gasteiger partial charge in [0, 0.05) is 38.6 Å². The van der Waals surface area contributed by atoms with Gasteiger partial charge in [-0.05, 0) is 42.5 Å². The highest BCUT2D eigenvalue weighted by atomic mass is 16.6. The van der Waals surface area contributed by atoms with E-state index in [1.807, 2.05) is 24.0 Å². The van der Waals surface area contributed by atoms with Gasteiger partial charge in [0.1, 0.15) is 5.52 Å². The summed E-state index contributed by atoms with van der Waals surface area (Å²) in [5, 5.41) is 16.1. The number of nitro benzene ring substituents is 1. The second kappa shape index (κ2) is 6.16. The molecule has 3 heterocycles. The summed E-state index contributed by atoms with van der Waals surface area (Å²) in [5.74, 6) is 0.554. The molecule has 0 saturated carbocycles. The zero-order chi connectivity index (χ0) is 17.4. The Morgan fingerprint density at radius 1 is 1.36 bits per heavy atom. The Bertz CT molecular complexity index is 936. The molecular weight excluding hydrogens is 318 g/mol. The highest BCUT2D eigenvalue weighted by Crippen LogP contribution is 2.35. The van der Waals surface area contributed by atoms with Gasteiger partial charge in [-0.15, -0.1) is 0 Å². The van der Waals surface area contributed by atoms with Crippen molar-refractivity contribution in [3.8, 4) is 0 Å². The molecule has 0 spiro atoms. The average molecular weight is 337 g/mol. The third-order valence-electron chi connectivity index (χ3n) is 4.83. The summed E-state index contributed by atoms with van der Waals surface area (Å²) in [6, 6.07) is 6.94. The van der Waals surface area contributed by atoms with Crippen LogP contribution in [0.1, 0.15) is 12.0 Å². The van der Waals surface area contributed by atoms with E-state index in [4.69, 9.17) is 0 Å². The van der Waals surface area contributed by atoms with Gasteiger partial charge < -0.3 is 4.90 Å². The number of fused-ring (bicyclic) bond motifs is 1. The van der Waals surface area contributed by atoms with E-state index in [1.54, 1.807) is 24.4 Å². The minimum atomic E-state index is -0.344. The summed E-state index contributed by atoms with van der Waals surface area (Å²) in [7, 11) is 1.93. The number of non-ortho nitro benzene ring substituents is 1. The molecule has 25 heavy (non-hydrogen) atoms. The van der Waals surface area contributed by atoms with Crippen LogP contribution < -0.4 is 4.90 Å². The summed E-state index contributed by atoms with van der Waals surface area (Å²) < 4.78 is 1.83. The van der Waals surface area contributed by atoms with Gasteiger partial charge in [-0.25, -0.2) is 0 Å². The molecule has 0 bridgehead atoms. The molecule has 2 aromatic heterocycles. The van der Waals surface area contributed by atoms with Crippen molar-refractivity contribution >= 4 is 22.3 Å². The van der Waals surface area contributed by atoms with Crippen LogP contribution in [0.3, 0.4) is 0 Å². The minimum absolute atomic E-state index is 0.109. The predicted molar refractivity (Wildman–Crippen MR) is 95.6 cm³/mol. The van der Waals surface area contributed by atoms with E-state index in [0.29, 0.717) is 16.8 Å². The molecule has 1 aliphatic rings. The third kappa shape index (κ3) is 2.93. The van der Waals surface area contributed by atoms with E-state index >= 15 is 0 Å². The number of benzene rings is 1. The lowest BCUT2D eigenvalue weighted by Crippen LogP contribution is -2.20. The smallest absolute Gasteiger partial charge is 0.278 e. The maximum atomic E-state index is 11.3. The van der Waals surface area contributed by atoms with Gasteiger partial charge in [0.2, 0.25) is 0 Å². The number of nitro groups is 1. The molecule has 1 saturated heterocycles. The zero-order valence-electron chi connectivity index (χ0n) is 14.0. The molecule has 1 aromatic carbocycles. The van der Waals surface area contributed by atoms with Crippen LogP contribution in [-0.4, -0.2) is 32.8 Å². The molecule has 4 rings (SSSR count). The zero-order valence-corrected chi connectivity index (χ0v) is 14.0. The number of aryl methyl sites for hydroxylation is 1. The predicted octanol–water partition coefficient (Wildman–Crippen LogP) is 2.95. The fraction of sp³-hybridized carbons (Fsp3) is 0.333. The summed E-state index contributed by atoms with van der Waals surface area (Å²) >= 11 is 0. The van der Waals surface area contributed by atoms with E-state index in [0.717, 1.165) is 31.6 Å². The Hall–Kier alpha value is -2.96. The van der Waals surface area contributed by atoms with Crippen LogP contribution in [0, 0.1) is 16.0 Å². The second-order valence-electron chi connectivity index (χ2n) is 6.59. The highest BCUT2D eigenvalue weighted by molar-refractivity contribution is 5.97. The maximum absolute atomic E-state index is 11.3. The fourth-order valence-electron chi connectivity index (χ4n) is 3.69. The van der Waals surface area contributed by atoms with E-state index in [-0.39, 0.29) is 10.6 Å². The van der Waals surface area contributed by atoms with E-state index < -0.39 is 0 Å².